The Bertz CT molecular complexity index is 1490. The first-order chi connectivity index (χ1) is 17.1. The van der Waals surface area contributed by atoms with Crippen molar-refractivity contribution in [3.05, 3.63) is 72.9 Å². The number of ether oxygens (including phenoxy) is 4. The van der Waals surface area contributed by atoms with E-state index in [0.717, 1.165) is 12.1 Å². The minimum Gasteiger partial charge on any atom is -0.493 e. The van der Waals surface area contributed by atoms with Gasteiger partial charge in [0.05, 0.1) is 19.7 Å². The third-order valence-electron chi connectivity index (χ3n) is 4.91. The molecule has 4 aromatic rings. The molecule has 0 aliphatic heterocycles. The highest BCUT2D eigenvalue weighted by Crippen LogP contribution is 2.37. The number of aromatic nitrogens is 1. The van der Waals surface area contributed by atoms with Crippen molar-refractivity contribution in [2.45, 2.75) is 11.3 Å². The summed E-state index contributed by atoms with van der Waals surface area (Å²) in [5.74, 6) is 0.999. The lowest BCUT2D eigenvalue weighted by Gasteiger charge is -2.15. The summed E-state index contributed by atoms with van der Waals surface area (Å²) in [6.45, 7) is 0. The zero-order chi connectivity index (χ0) is 25.9. The summed E-state index contributed by atoms with van der Waals surface area (Å²) in [4.78, 5) is 3.65. The zero-order valence-electron chi connectivity index (χ0n) is 18.9. The van der Waals surface area contributed by atoms with Crippen LogP contribution in [0.25, 0.3) is 10.9 Å². The smallest absolute Gasteiger partial charge is 0.493 e. The van der Waals surface area contributed by atoms with Crippen LogP contribution in [0.5, 0.6) is 28.7 Å². The van der Waals surface area contributed by atoms with Crippen molar-refractivity contribution < 1.29 is 40.5 Å². The summed E-state index contributed by atoms with van der Waals surface area (Å²) in [5, 5.41) is 0.654. The average molecular weight is 520 g/mol. The van der Waals surface area contributed by atoms with Gasteiger partial charge >= 0.3 is 6.36 Å². The molecule has 3 aromatic carbocycles. The number of halogens is 3. The maximum Gasteiger partial charge on any atom is 0.573 e. The Morgan fingerprint density at radius 3 is 2.17 bits per heavy atom. The quantitative estimate of drug-likeness (QED) is 0.316. The molecule has 0 aliphatic carbocycles. The van der Waals surface area contributed by atoms with Crippen LogP contribution in [0.4, 0.5) is 18.9 Å². The van der Waals surface area contributed by atoms with E-state index in [1.165, 1.54) is 50.6 Å². The van der Waals surface area contributed by atoms with Gasteiger partial charge in [-0.3, -0.25) is 9.71 Å². The SMILES string of the molecule is COc1cc2nccc(Oc3ccc(NS(=O)(=O)c4ccccc4OC(F)(F)F)cc3)c2cc1OC. The highest BCUT2D eigenvalue weighted by atomic mass is 32.2. The number of nitrogens with one attached hydrogen (secondary N) is 1. The lowest BCUT2D eigenvalue weighted by molar-refractivity contribution is -0.275. The Hall–Kier alpha value is -4.19. The van der Waals surface area contributed by atoms with Crippen LogP contribution < -0.4 is 23.7 Å². The lowest BCUT2D eigenvalue weighted by Crippen LogP contribution is -2.20. The molecule has 12 heteroatoms. The molecule has 1 aromatic heterocycles. The monoisotopic (exact) mass is 520 g/mol. The van der Waals surface area contributed by atoms with Crippen molar-refractivity contribution >= 4 is 26.6 Å². The largest absolute Gasteiger partial charge is 0.573 e. The first-order valence-electron chi connectivity index (χ1n) is 10.3. The predicted octanol–water partition coefficient (Wildman–Crippen LogP) is 5.74. The number of benzene rings is 3. The Labute approximate surface area is 204 Å². The van der Waals surface area contributed by atoms with Crippen molar-refractivity contribution in [2.24, 2.45) is 0 Å². The van der Waals surface area contributed by atoms with Gasteiger partial charge in [0.2, 0.25) is 0 Å². The van der Waals surface area contributed by atoms with E-state index in [9.17, 15) is 21.6 Å². The van der Waals surface area contributed by atoms with Gasteiger partial charge in [-0.05, 0) is 48.5 Å². The van der Waals surface area contributed by atoms with Crippen LogP contribution in [-0.4, -0.2) is 34.0 Å². The van der Waals surface area contributed by atoms with Gasteiger partial charge in [-0.15, -0.1) is 13.2 Å². The highest BCUT2D eigenvalue weighted by Gasteiger charge is 2.34. The molecule has 0 unspecified atom stereocenters. The van der Waals surface area contributed by atoms with Crippen LogP contribution in [0, 0.1) is 0 Å². The molecule has 0 spiro atoms. The van der Waals surface area contributed by atoms with Gasteiger partial charge in [-0.1, -0.05) is 12.1 Å². The summed E-state index contributed by atoms with van der Waals surface area (Å²) in [7, 11) is -1.36. The third-order valence-corrected chi connectivity index (χ3v) is 6.33. The van der Waals surface area contributed by atoms with Crippen LogP contribution >= 0.6 is 0 Å². The summed E-state index contributed by atoms with van der Waals surface area (Å²) >= 11 is 0. The van der Waals surface area contributed by atoms with Crippen molar-refractivity contribution in [3.8, 4) is 28.7 Å². The molecule has 4 rings (SSSR count). The number of nitrogens with zero attached hydrogens (tertiary/aromatic N) is 1. The number of hydrogen-bond donors (Lipinski definition) is 1. The molecular formula is C24H19F3N2O6S. The second kappa shape index (κ2) is 9.82. The van der Waals surface area contributed by atoms with E-state index in [2.05, 4.69) is 14.4 Å². The van der Waals surface area contributed by atoms with E-state index in [1.54, 1.807) is 24.4 Å². The first kappa shape index (κ1) is 24.9. The number of hydrogen-bond acceptors (Lipinski definition) is 7. The maximum absolute atomic E-state index is 12.7. The van der Waals surface area contributed by atoms with Crippen molar-refractivity contribution in [1.82, 2.24) is 4.98 Å². The molecule has 0 amide bonds. The number of methoxy groups -OCH3 is 2. The molecule has 1 heterocycles. The molecule has 0 saturated heterocycles. The van der Waals surface area contributed by atoms with Crippen LogP contribution in [0.15, 0.2) is 77.8 Å². The third kappa shape index (κ3) is 5.54. The average Bonchev–Trinajstić information content (AvgIpc) is 2.83. The number of fused-ring (bicyclic) bond motifs is 1. The normalized spacial score (nSPS) is 11.7. The number of anilines is 1. The van der Waals surface area contributed by atoms with Gasteiger partial charge in [-0.25, -0.2) is 8.42 Å². The van der Waals surface area contributed by atoms with E-state index in [4.69, 9.17) is 14.2 Å². The van der Waals surface area contributed by atoms with Gasteiger partial charge < -0.3 is 18.9 Å². The van der Waals surface area contributed by atoms with Crippen LogP contribution in [0.3, 0.4) is 0 Å². The van der Waals surface area contributed by atoms with Gasteiger partial charge in [0.25, 0.3) is 10.0 Å². The fourth-order valence-corrected chi connectivity index (χ4v) is 4.53. The number of rotatable bonds is 8. The Morgan fingerprint density at radius 2 is 1.50 bits per heavy atom. The fourth-order valence-electron chi connectivity index (χ4n) is 3.35. The van der Waals surface area contributed by atoms with E-state index >= 15 is 0 Å². The highest BCUT2D eigenvalue weighted by molar-refractivity contribution is 7.92. The number of para-hydroxylation sites is 1. The minimum atomic E-state index is -5.04. The van der Waals surface area contributed by atoms with Gasteiger partial charge in [-0.2, -0.15) is 0 Å². The van der Waals surface area contributed by atoms with Crippen LogP contribution in [0.2, 0.25) is 0 Å². The topological polar surface area (TPSA) is 96.0 Å². The van der Waals surface area contributed by atoms with Gasteiger partial charge in [0, 0.05) is 23.3 Å². The molecule has 188 valence electrons. The summed E-state index contributed by atoms with van der Waals surface area (Å²) in [6, 6.07) is 15.4. The Morgan fingerprint density at radius 1 is 0.833 bits per heavy atom. The molecule has 0 saturated carbocycles. The second-order valence-electron chi connectivity index (χ2n) is 7.26. The number of pyridine rings is 1. The second-order valence-corrected chi connectivity index (χ2v) is 8.91. The maximum atomic E-state index is 12.7. The first-order valence-corrected chi connectivity index (χ1v) is 11.7. The van der Waals surface area contributed by atoms with E-state index in [1.807, 2.05) is 0 Å². The summed E-state index contributed by atoms with van der Waals surface area (Å²) < 4.78 is 86.1. The Balaban J connectivity index is 1.56. The van der Waals surface area contributed by atoms with E-state index in [0.29, 0.717) is 33.9 Å². The molecule has 36 heavy (non-hydrogen) atoms. The predicted molar refractivity (Wildman–Crippen MR) is 125 cm³/mol. The van der Waals surface area contributed by atoms with Gasteiger partial charge in [0.15, 0.2) is 11.5 Å². The molecule has 0 atom stereocenters. The zero-order valence-corrected chi connectivity index (χ0v) is 19.7. The number of alkyl halides is 3. The molecule has 0 bridgehead atoms. The lowest BCUT2D eigenvalue weighted by atomic mass is 10.2. The molecule has 0 aliphatic rings. The van der Waals surface area contributed by atoms with Crippen LogP contribution in [0.1, 0.15) is 0 Å². The summed E-state index contributed by atoms with van der Waals surface area (Å²) in [5.41, 5.74) is 0.712. The van der Waals surface area contributed by atoms with Crippen molar-refractivity contribution in [3.63, 3.8) is 0 Å². The molecule has 1 N–H and O–H groups in total. The van der Waals surface area contributed by atoms with Crippen molar-refractivity contribution in [1.29, 1.82) is 0 Å². The minimum absolute atomic E-state index is 0.107. The fraction of sp³-hybridized carbons (Fsp3) is 0.125. The van der Waals surface area contributed by atoms with Crippen molar-refractivity contribution in [2.75, 3.05) is 18.9 Å². The molecule has 0 fully saturated rings. The standard InChI is InChI=1S/C24H19F3N2O6S/c1-32-21-13-17-18(14-22(21)33-2)28-12-11-19(17)34-16-9-7-15(8-10-16)29-36(30,31)23-6-4-3-5-20(23)35-24(25,26)27/h3-14,29H,1-2H3. The van der Waals surface area contributed by atoms with Crippen LogP contribution in [-0.2, 0) is 10.0 Å². The molecule has 8 nitrogen and oxygen atoms in total. The van der Waals surface area contributed by atoms with E-state index in [-0.39, 0.29) is 5.69 Å². The van der Waals surface area contributed by atoms with Gasteiger partial charge in [0.1, 0.15) is 22.1 Å². The Kier molecular flexibility index (Phi) is 6.80. The molecule has 0 radical (unpaired) electrons. The summed E-state index contributed by atoms with van der Waals surface area (Å²) in [6.07, 6.45) is -3.48. The molecular weight excluding hydrogens is 501 g/mol. The number of sulfonamides is 1. The van der Waals surface area contributed by atoms with E-state index < -0.39 is 27.0 Å².